The molecule has 0 amide bonds. The first-order chi connectivity index (χ1) is 8.36. The Balaban J connectivity index is 2.56. The van der Waals surface area contributed by atoms with Gasteiger partial charge in [0.2, 0.25) is 0 Å². The highest BCUT2D eigenvalue weighted by Crippen LogP contribution is 2.17. The molecule has 1 rings (SSSR count). The van der Waals surface area contributed by atoms with Crippen LogP contribution in [0.15, 0.2) is 18.2 Å². The third kappa shape index (κ3) is 4.03. The third-order valence-electron chi connectivity index (χ3n) is 3.51. The second-order valence-electron chi connectivity index (χ2n) is 5.27. The van der Waals surface area contributed by atoms with Gasteiger partial charge < -0.3 is 10.6 Å². The lowest BCUT2D eigenvalue weighted by atomic mass is 9.98. The molecule has 1 aromatic rings. The van der Waals surface area contributed by atoms with Crippen LogP contribution < -0.4 is 5.73 Å². The summed E-state index contributed by atoms with van der Waals surface area (Å²) in [4.78, 5) is 2.20. The Morgan fingerprint density at radius 3 is 2.44 bits per heavy atom. The molecular formula is C14H22F2N2. The lowest BCUT2D eigenvalue weighted by Crippen LogP contribution is -2.43. The van der Waals surface area contributed by atoms with Gasteiger partial charge in [0.1, 0.15) is 0 Å². The van der Waals surface area contributed by atoms with Gasteiger partial charge in [-0.3, -0.25) is 0 Å². The molecule has 0 spiro atoms. The number of benzene rings is 1. The molecule has 2 nitrogen and oxygen atoms in total. The highest BCUT2D eigenvalue weighted by Gasteiger charge is 2.21. The second kappa shape index (κ2) is 6.25. The normalized spacial score (nSPS) is 12.2. The van der Waals surface area contributed by atoms with E-state index in [0.717, 1.165) is 18.5 Å². The average molecular weight is 256 g/mol. The predicted molar refractivity (Wildman–Crippen MR) is 70.4 cm³/mol. The van der Waals surface area contributed by atoms with Crippen molar-refractivity contribution in [1.82, 2.24) is 4.90 Å². The van der Waals surface area contributed by atoms with E-state index in [0.29, 0.717) is 13.0 Å². The zero-order valence-electron chi connectivity index (χ0n) is 11.3. The summed E-state index contributed by atoms with van der Waals surface area (Å²) in [7, 11) is 2.02. The molecule has 2 N–H and O–H groups in total. The van der Waals surface area contributed by atoms with Crippen molar-refractivity contribution in [3.8, 4) is 0 Å². The lowest BCUT2D eigenvalue weighted by Gasteiger charge is -2.35. The molecule has 0 fully saturated rings. The van der Waals surface area contributed by atoms with Crippen LogP contribution in [0.5, 0.6) is 0 Å². The molecule has 0 atom stereocenters. The van der Waals surface area contributed by atoms with Crippen molar-refractivity contribution < 1.29 is 8.78 Å². The average Bonchev–Trinajstić information content (AvgIpc) is 2.30. The van der Waals surface area contributed by atoms with Crippen LogP contribution in [-0.2, 0) is 6.42 Å². The maximum absolute atomic E-state index is 13.1. The van der Waals surface area contributed by atoms with E-state index in [2.05, 4.69) is 18.7 Å². The fourth-order valence-electron chi connectivity index (χ4n) is 1.84. The van der Waals surface area contributed by atoms with Crippen LogP contribution >= 0.6 is 0 Å². The molecule has 102 valence electrons. The third-order valence-corrected chi connectivity index (χ3v) is 3.51. The van der Waals surface area contributed by atoms with Gasteiger partial charge >= 0.3 is 0 Å². The van der Waals surface area contributed by atoms with Crippen LogP contribution in [0.1, 0.15) is 25.8 Å². The number of hydrogen-bond donors (Lipinski definition) is 1. The van der Waals surface area contributed by atoms with Gasteiger partial charge in [0, 0.05) is 12.1 Å². The van der Waals surface area contributed by atoms with Gasteiger partial charge in [-0.05, 0) is 58.0 Å². The molecule has 0 aliphatic carbocycles. The number of nitrogens with two attached hydrogens (primary N) is 1. The lowest BCUT2D eigenvalue weighted by molar-refractivity contribution is 0.150. The largest absolute Gasteiger partial charge is 0.330 e. The first-order valence-corrected chi connectivity index (χ1v) is 6.22. The molecule has 0 bridgehead atoms. The molecule has 0 aliphatic heterocycles. The molecule has 0 unspecified atom stereocenters. The number of rotatable bonds is 6. The van der Waals surface area contributed by atoms with Gasteiger partial charge in [0.25, 0.3) is 0 Å². The molecule has 1 aromatic carbocycles. The van der Waals surface area contributed by atoms with Crippen LogP contribution in [0, 0.1) is 11.6 Å². The first-order valence-electron chi connectivity index (χ1n) is 6.22. The van der Waals surface area contributed by atoms with E-state index in [4.69, 9.17) is 5.73 Å². The van der Waals surface area contributed by atoms with E-state index in [1.165, 1.54) is 12.1 Å². The molecule has 0 radical (unpaired) electrons. The van der Waals surface area contributed by atoms with Crippen molar-refractivity contribution >= 4 is 0 Å². The Morgan fingerprint density at radius 2 is 1.89 bits per heavy atom. The maximum Gasteiger partial charge on any atom is 0.159 e. The maximum atomic E-state index is 13.1. The number of halogens is 2. The standard InChI is InChI=1S/C14H22F2N2/c1-14(2,7-8-17)18(3)9-6-11-4-5-12(15)13(16)10-11/h4-5,10H,6-9,17H2,1-3H3. The topological polar surface area (TPSA) is 29.3 Å². The van der Waals surface area contributed by atoms with Crippen LogP contribution in [0.25, 0.3) is 0 Å². The van der Waals surface area contributed by atoms with Crippen LogP contribution in [-0.4, -0.2) is 30.6 Å². The van der Waals surface area contributed by atoms with Crippen LogP contribution in [0.3, 0.4) is 0 Å². The van der Waals surface area contributed by atoms with Gasteiger partial charge in [-0.1, -0.05) is 6.07 Å². The summed E-state index contributed by atoms with van der Waals surface area (Å²) in [5.41, 5.74) is 6.41. The van der Waals surface area contributed by atoms with E-state index in [1.807, 2.05) is 7.05 Å². The van der Waals surface area contributed by atoms with Crippen molar-refractivity contribution in [2.45, 2.75) is 32.2 Å². The summed E-state index contributed by atoms with van der Waals surface area (Å²) in [6, 6.07) is 4.07. The SMILES string of the molecule is CN(CCc1ccc(F)c(F)c1)C(C)(C)CCN. The van der Waals surface area contributed by atoms with Crippen molar-refractivity contribution in [2.75, 3.05) is 20.1 Å². The summed E-state index contributed by atoms with van der Waals surface area (Å²) in [5.74, 6) is -1.58. The van der Waals surface area contributed by atoms with E-state index < -0.39 is 11.6 Å². The van der Waals surface area contributed by atoms with Gasteiger partial charge in [-0.25, -0.2) is 8.78 Å². The Bertz CT molecular complexity index is 391. The Morgan fingerprint density at radius 1 is 1.22 bits per heavy atom. The molecule has 0 heterocycles. The highest BCUT2D eigenvalue weighted by atomic mass is 19.2. The number of nitrogens with zero attached hydrogens (tertiary/aromatic N) is 1. The zero-order chi connectivity index (χ0) is 13.8. The van der Waals surface area contributed by atoms with Gasteiger partial charge in [0.15, 0.2) is 11.6 Å². The van der Waals surface area contributed by atoms with E-state index in [-0.39, 0.29) is 5.54 Å². The Kier molecular flexibility index (Phi) is 5.23. The Hall–Kier alpha value is -1.00. The van der Waals surface area contributed by atoms with E-state index >= 15 is 0 Å². The summed E-state index contributed by atoms with van der Waals surface area (Å²) in [6.45, 7) is 5.69. The number of likely N-dealkylation sites (N-methyl/N-ethyl adjacent to an activating group) is 1. The molecule has 0 saturated heterocycles. The summed E-state index contributed by atoms with van der Waals surface area (Å²) in [6.07, 6.45) is 1.60. The van der Waals surface area contributed by atoms with Gasteiger partial charge in [0.05, 0.1) is 0 Å². The zero-order valence-corrected chi connectivity index (χ0v) is 11.3. The molecule has 0 saturated carbocycles. The predicted octanol–water partition coefficient (Wildman–Crippen LogP) is 2.57. The fourth-order valence-corrected chi connectivity index (χ4v) is 1.84. The molecule has 18 heavy (non-hydrogen) atoms. The first kappa shape index (κ1) is 15.1. The van der Waals surface area contributed by atoms with Crippen LogP contribution in [0.2, 0.25) is 0 Å². The highest BCUT2D eigenvalue weighted by molar-refractivity contribution is 5.18. The van der Waals surface area contributed by atoms with E-state index in [1.54, 1.807) is 6.07 Å². The van der Waals surface area contributed by atoms with Gasteiger partial charge in [-0.2, -0.15) is 0 Å². The smallest absolute Gasteiger partial charge is 0.159 e. The van der Waals surface area contributed by atoms with Gasteiger partial charge in [-0.15, -0.1) is 0 Å². The second-order valence-corrected chi connectivity index (χ2v) is 5.27. The fraction of sp³-hybridized carbons (Fsp3) is 0.571. The minimum Gasteiger partial charge on any atom is -0.330 e. The van der Waals surface area contributed by atoms with Crippen molar-refractivity contribution in [3.05, 3.63) is 35.4 Å². The molecule has 0 aromatic heterocycles. The summed E-state index contributed by atoms with van der Waals surface area (Å²) < 4.78 is 25.8. The molecule has 4 heteroatoms. The van der Waals surface area contributed by atoms with Crippen LogP contribution in [0.4, 0.5) is 8.78 Å². The summed E-state index contributed by atoms with van der Waals surface area (Å²) >= 11 is 0. The molecular weight excluding hydrogens is 234 g/mol. The summed E-state index contributed by atoms with van der Waals surface area (Å²) in [5, 5.41) is 0. The minimum atomic E-state index is -0.796. The van der Waals surface area contributed by atoms with Crippen molar-refractivity contribution in [1.29, 1.82) is 0 Å². The van der Waals surface area contributed by atoms with Crippen molar-refractivity contribution in [2.24, 2.45) is 5.73 Å². The quantitative estimate of drug-likeness (QED) is 0.847. The van der Waals surface area contributed by atoms with Crippen molar-refractivity contribution in [3.63, 3.8) is 0 Å². The monoisotopic (exact) mass is 256 g/mol. The van der Waals surface area contributed by atoms with E-state index in [9.17, 15) is 8.78 Å². The Labute approximate surface area is 108 Å². The number of hydrogen-bond acceptors (Lipinski definition) is 2. The molecule has 0 aliphatic rings. The minimum absolute atomic E-state index is 0.0212.